The van der Waals surface area contributed by atoms with Gasteiger partial charge < -0.3 is 5.32 Å². The first-order valence-electron chi connectivity index (χ1n) is 8.19. The summed E-state index contributed by atoms with van der Waals surface area (Å²) in [6.07, 6.45) is 2.01. The molecule has 0 radical (unpaired) electrons. The largest absolute Gasteiger partial charge is 0.309 e. The van der Waals surface area contributed by atoms with Gasteiger partial charge in [0.2, 0.25) is 5.91 Å². The van der Waals surface area contributed by atoms with E-state index in [2.05, 4.69) is 20.5 Å². The summed E-state index contributed by atoms with van der Waals surface area (Å²) in [7, 11) is 0. The number of benzene rings is 1. The predicted octanol–water partition coefficient (Wildman–Crippen LogP) is 1.97. The zero-order valence-corrected chi connectivity index (χ0v) is 13.7. The van der Waals surface area contributed by atoms with Crippen LogP contribution in [-0.2, 0) is 4.79 Å². The van der Waals surface area contributed by atoms with Gasteiger partial charge in [0.1, 0.15) is 5.69 Å². The van der Waals surface area contributed by atoms with Gasteiger partial charge in [-0.3, -0.25) is 29.4 Å². The molecule has 2 N–H and O–H groups in total. The standard InChI is InChI=1S/C18H15N5O3/c24-14(20-16-11-5-1-2-7-13(11)21-22-16)8-4-10-23-17(25)12-6-3-9-19-15(12)18(23)26/h1-3,5-7,9H,4,8,10H2,(H2,20,21,22,24). The topological polar surface area (TPSA) is 108 Å². The number of aromatic nitrogens is 3. The number of rotatable bonds is 5. The van der Waals surface area contributed by atoms with Crippen molar-refractivity contribution in [3.05, 3.63) is 53.9 Å². The van der Waals surface area contributed by atoms with E-state index in [1.807, 2.05) is 24.3 Å². The Morgan fingerprint density at radius 3 is 2.81 bits per heavy atom. The molecular formula is C18H15N5O3. The SMILES string of the molecule is O=C(CCCN1C(=O)c2cccnc2C1=O)Nc1n[nH]c2ccccc12. The van der Waals surface area contributed by atoms with E-state index in [0.29, 0.717) is 17.8 Å². The minimum absolute atomic E-state index is 0.169. The Bertz CT molecular complexity index is 991. The molecule has 0 spiro atoms. The Morgan fingerprint density at radius 2 is 1.96 bits per heavy atom. The van der Waals surface area contributed by atoms with Gasteiger partial charge >= 0.3 is 0 Å². The van der Waals surface area contributed by atoms with E-state index in [0.717, 1.165) is 15.8 Å². The molecule has 3 amide bonds. The van der Waals surface area contributed by atoms with Crippen molar-refractivity contribution in [1.82, 2.24) is 20.1 Å². The van der Waals surface area contributed by atoms with Crippen LogP contribution in [-0.4, -0.2) is 44.3 Å². The fourth-order valence-electron chi connectivity index (χ4n) is 2.97. The van der Waals surface area contributed by atoms with E-state index in [1.165, 1.54) is 6.20 Å². The second kappa shape index (κ2) is 6.40. The normalized spacial score (nSPS) is 13.3. The number of pyridine rings is 1. The summed E-state index contributed by atoms with van der Waals surface area (Å²) < 4.78 is 0. The fraction of sp³-hybridized carbons (Fsp3) is 0.167. The Morgan fingerprint density at radius 1 is 1.12 bits per heavy atom. The highest BCUT2D eigenvalue weighted by molar-refractivity contribution is 6.20. The lowest BCUT2D eigenvalue weighted by Gasteiger charge is -2.12. The summed E-state index contributed by atoms with van der Waals surface area (Å²) >= 11 is 0. The van der Waals surface area contributed by atoms with Crippen LogP contribution in [0.3, 0.4) is 0 Å². The Balaban J connectivity index is 1.35. The Hall–Kier alpha value is -3.55. The molecule has 3 aromatic rings. The number of carbonyl (C=O) groups excluding carboxylic acids is 3. The number of para-hydroxylation sites is 1. The molecule has 4 rings (SSSR count). The summed E-state index contributed by atoms with van der Waals surface area (Å²) in [5.41, 5.74) is 1.32. The molecule has 3 heterocycles. The van der Waals surface area contributed by atoms with E-state index in [1.54, 1.807) is 12.1 Å². The molecule has 0 fully saturated rings. The van der Waals surface area contributed by atoms with Gasteiger partial charge in [0.05, 0.1) is 11.1 Å². The summed E-state index contributed by atoms with van der Waals surface area (Å²) in [4.78, 5) is 41.7. The van der Waals surface area contributed by atoms with Gasteiger partial charge in [-0.1, -0.05) is 12.1 Å². The number of hydrogen-bond donors (Lipinski definition) is 2. The van der Waals surface area contributed by atoms with E-state index in [-0.39, 0.29) is 30.5 Å². The van der Waals surface area contributed by atoms with Gasteiger partial charge in [0.25, 0.3) is 11.8 Å². The molecule has 130 valence electrons. The molecular weight excluding hydrogens is 334 g/mol. The molecule has 1 aliphatic heterocycles. The third-order valence-electron chi connectivity index (χ3n) is 4.24. The number of carbonyl (C=O) groups is 3. The molecule has 0 atom stereocenters. The van der Waals surface area contributed by atoms with Crippen LogP contribution in [0, 0.1) is 0 Å². The van der Waals surface area contributed by atoms with Gasteiger partial charge in [0, 0.05) is 24.5 Å². The number of aromatic amines is 1. The Kier molecular flexibility index (Phi) is 3.92. The number of hydrogen-bond acceptors (Lipinski definition) is 5. The van der Waals surface area contributed by atoms with Gasteiger partial charge in [-0.05, 0) is 30.7 Å². The summed E-state index contributed by atoms with van der Waals surface area (Å²) in [6.45, 7) is 0.169. The van der Waals surface area contributed by atoms with E-state index < -0.39 is 5.91 Å². The molecule has 0 unspecified atom stereocenters. The first kappa shape index (κ1) is 15.9. The molecule has 0 saturated heterocycles. The number of fused-ring (bicyclic) bond motifs is 2. The maximum atomic E-state index is 12.2. The van der Waals surface area contributed by atoms with Gasteiger partial charge in [0.15, 0.2) is 5.82 Å². The second-order valence-electron chi connectivity index (χ2n) is 5.93. The number of nitrogens with one attached hydrogen (secondary N) is 2. The van der Waals surface area contributed by atoms with Crippen molar-refractivity contribution in [2.24, 2.45) is 0 Å². The first-order valence-corrected chi connectivity index (χ1v) is 8.19. The molecule has 8 heteroatoms. The maximum absolute atomic E-state index is 12.2. The fourth-order valence-corrected chi connectivity index (χ4v) is 2.97. The number of H-pyrrole nitrogens is 1. The van der Waals surface area contributed by atoms with Crippen LogP contribution in [0.2, 0.25) is 0 Å². The smallest absolute Gasteiger partial charge is 0.280 e. The average Bonchev–Trinajstić information content (AvgIpc) is 3.17. The van der Waals surface area contributed by atoms with Crippen LogP contribution in [0.15, 0.2) is 42.6 Å². The van der Waals surface area contributed by atoms with Crippen LogP contribution in [0.5, 0.6) is 0 Å². The molecule has 0 bridgehead atoms. The van der Waals surface area contributed by atoms with Crippen LogP contribution < -0.4 is 5.32 Å². The molecule has 2 aromatic heterocycles. The molecule has 26 heavy (non-hydrogen) atoms. The highest BCUT2D eigenvalue weighted by Crippen LogP contribution is 2.22. The minimum atomic E-state index is -0.413. The lowest BCUT2D eigenvalue weighted by molar-refractivity contribution is -0.116. The van der Waals surface area contributed by atoms with Crippen molar-refractivity contribution in [2.45, 2.75) is 12.8 Å². The van der Waals surface area contributed by atoms with Gasteiger partial charge in [-0.2, -0.15) is 5.10 Å². The number of imide groups is 1. The van der Waals surface area contributed by atoms with E-state index in [9.17, 15) is 14.4 Å². The first-order chi connectivity index (χ1) is 12.6. The van der Waals surface area contributed by atoms with Crippen LogP contribution >= 0.6 is 0 Å². The second-order valence-corrected chi connectivity index (χ2v) is 5.93. The molecule has 1 aliphatic rings. The molecule has 1 aromatic carbocycles. The highest BCUT2D eigenvalue weighted by atomic mass is 16.2. The van der Waals surface area contributed by atoms with Crippen molar-refractivity contribution in [2.75, 3.05) is 11.9 Å². The van der Waals surface area contributed by atoms with Gasteiger partial charge in [-0.15, -0.1) is 0 Å². The molecule has 0 saturated carbocycles. The predicted molar refractivity (Wildman–Crippen MR) is 93.6 cm³/mol. The molecule has 0 aliphatic carbocycles. The average molecular weight is 349 g/mol. The number of anilines is 1. The third-order valence-corrected chi connectivity index (χ3v) is 4.24. The monoisotopic (exact) mass is 349 g/mol. The summed E-state index contributed by atoms with van der Waals surface area (Å²) in [5.74, 6) is -0.534. The van der Waals surface area contributed by atoms with Crippen LogP contribution in [0.1, 0.15) is 33.7 Å². The van der Waals surface area contributed by atoms with E-state index >= 15 is 0 Å². The minimum Gasteiger partial charge on any atom is -0.309 e. The van der Waals surface area contributed by atoms with E-state index in [4.69, 9.17) is 0 Å². The zero-order valence-electron chi connectivity index (χ0n) is 13.7. The highest BCUT2D eigenvalue weighted by Gasteiger charge is 2.36. The lowest BCUT2D eigenvalue weighted by Crippen LogP contribution is -2.31. The summed E-state index contributed by atoms with van der Waals surface area (Å²) in [6, 6.07) is 10.7. The van der Waals surface area contributed by atoms with Gasteiger partial charge in [-0.25, -0.2) is 0 Å². The summed E-state index contributed by atoms with van der Waals surface area (Å²) in [5, 5.41) is 10.5. The van der Waals surface area contributed by atoms with Crippen molar-refractivity contribution in [1.29, 1.82) is 0 Å². The van der Waals surface area contributed by atoms with Crippen molar-refractivity contribution >= 4 is 34.4 Å². The Labute approximate surface area is 148 Å². The van der Waals surface area contributed by atoms with Crippen molar-refractivity contribution in [3.8, 4) is 0 Å². The van der Waals surface area contributed by atoms with Crippen LogP contribution in [0.4, 0.5) is 5.82 Å². The zero-order chi connectivity index (χ0) is 18.1. The number of amides is 3. The third kappa shape index (κ3) is 2.71. The number of nitrogens with zero attached hydrogens (tertiary/aromatic N) is 3. The van der Waals surface area contributed by atoms with Crippen molar-refractivity contribution in [3.63, 3.8) is 0 Å². The lowest BCUT2D eigenvalue weighted by atomic mass is 10.2. The maximum Gasteiger partial charge on any atom is 0.280 e. The van der Waals surface area contributed by atoms with Crippen molar-refractivity contribution < 1.29 is 14.4 Å². The quantitative estimate of drug-likeness (QED) is 0.685. The van der Waals surface area contributed by atoms with Crippen LogP contribution in [0.25, 0.3) is 10.9 Å². The molecule has 8 nitrogen and oxygen atoms in total.